The van der Waals surface area contributed by atoms with Crippen LogP contribution in [0.5, 0.6) is 5.75 Å². The summed E-state index contributed by atoms with van der Waals surface area (Å²) in [5.41, 5.74) is 1.72. The molecule has 8 heteroatoms. The van der Waals surface area contributed by atoms with Gasteiger partial charge in [-0.3, -0.25) is 14.5 Å². The van der Waals surface area contributed by atoms with E-state index in [-0.39, 0.29) is 0 Å². The molecule has 0 radical (unpaired) electrons. The van der Waals surface area contributed by atoms with E-state index in [1.165, 1.54) is 0 Å². The lowest BCUT2D eigenvalue weighted by molar-refractivity contribution is -0.105. The van der Waals surface area contributed by atoms with E-state index < -0.39 is 0 Å². The zero-order valence-electron chi connectivity index (χ0n) is 12.6. The van der Waals surface area contributed by atoms with Crippen LogP contribution in [0.3, 0.4) is 0 Å². The number of benzene rings is 1. The topological polar surface area (TPSA) is 93.4 Å². The van der Waals surface area contributed by atoms with Crippen LogP contribution in [0, 0.1) is 0 Å². The number of methoxy groups -OCH3 is 1. The van der Waals surface area contributed by atoms with E-state index in [0.29, 0.717) is 30.4 Å². The van der Waals surface area contributed by atoms with Crippen LogP contribution in [-0.4, -0.2) is 39.6 Å². The fourth-order valence-electron chi connectivity index (χ4n) is 2.26. The molecule has 0 aliphatic heterocycles. The standard InChI is InChI=1S/C15H16N6O2/c1-23-12-4-2-3-11(9-12)5-6-16-13-14-19-20-15(18-10-22)21(14)8-7-17-13/h2-4,7-10H,5-6H2,1H3,(H,16,17)(H,18,20,22). The fourth-order valence-corrected chi connectivity index (χ4v) is 2.26. The van der Waals surface area contributed by atoms with Crippen LogP contribution < -0.4 is 15.4 Å². The summed E-state index contributed by atoms with van der Waals surface area (Å²) in [4.78, 5) is 14.8. The molecule has 23 heavy (non-hydrogen) atoms. The van der Waals surface area contributed by atoms with Gasteiger partial charge in [-0.25, -0.2) is 4.98 Å². The average Bonchev–Trinajstić information content (AvgIpc) is 3.00. The van der Waals surface area contributed by atoms with Crippen molar-refractivity contribution in [1.29, 1.82) is 0 Å². The number of anilines is 2. The highest BCUT2D eigenvalue weighted by Crippen LogP contribution is 2.16. The number of hydrogen-bond donors (Lipinski definition) is 2. The molecule has 2 heterocycles. The van der Waals surface area contributed by atoms with Gasteiger partial charge in [0.15, 0.2) is 5.82 Å². The van der Waals surface area contributed by atoms with E-state index in [2.05, 4.69) is 25.8 Å². The summed E-state index contributed by atoms with van der Waals surface area (Å²) < 4.78 is 6.88. The summed E-state index contributed by atoms with van der Waals surface area (Å²) in [7, 11) is 1.65. The van der Waals surface area contributed by atoms with Crippen molar-refractivity contribution in [3.05, 3.63) is 42.2 Å². The molecule has 0 bridgehead atoms. The summed E-state index contributed by atoms with van der Waals surface area (Å²) >= 11 is 0. The highest BCUT2D eigenvalue weighted by molar-refractivity contribution is 5.71. The Morgan fingerprint density at radius 2 is 2.26 bits per heavy atom. The van der Waals surface area contributed by atoms with Crippen LogP contribution in [-0.2, 0) is 11.2 Å². The number of carbonyl (C=O) groups excluding carboxylic acids is 1. The number of ether oxygens (including phenoxy) is 1. The molecular weight excluding hydrogens is 296 g/mol. The third-order valence-corrected chi connectivity index (χ3v) is 3.36. The van der Waals surface area contributed by atoms with E-state index in [0.717, 1.165) is 17.7 Å². The number of nitrogens with one attached hydrogen (secondary N) is 2. The Balaban J connectivity index is 1.70. The molecule has 0 spiro atoms. The molecule has 1 amide bonds. The Kier molecular flexibility index (Phi) is 4.32. The first-order valence-corrected chi connectivity index (χ1v) is 7.08. The summed E-state index contributed by atoms with van der Waals surface area (Å²) in [6.07, 6.45) is 4.69. The van der Waals surface area contributed by atoms with Crippen LogP contribution in [0.2, 0.25) is 0 Å². The van der Waals surface area contributed by atoms with Crippen LogP contribution in [0.4, 0.5) is 11.8 Å². The monoisotopic (exact) mass is 312 g/mol. The molecule has 3 aromatic rings. The highest BCUT2D eigenvalue weighted by Gasteiger charge is 2.09. The average molecular weight is 312 g/mol. The van der Waals surface area contributed by atoms with Gasteiger partial charge < -0.3 is 10.1 Å². The van der Waals surface area contributed by atoms with Gasteiger partial charge in [-0.15, -0.1) is 10.2 Å². The largest absolute Gasteiger partial charge is 0.497 e. The van der Waals surface area contributed by atoms with E-state index in [1.807, 2.05) is 24.3 Å². The number of rotatable bonds is 7. The second kappa shape index (κ2) is 6.73. The van der Waals surface area contributed by atoms with Crippen LogP contribution in [0.15, 0.2) is 36.7 Å². The van der Waals surface area contributed by atoms with E-state index in [9.17, 15) is 4.79 Å². The Bertz CT molecular complexity index is 817. The van der Waals surface area contributed by atoms with E-state index >= 15 is 0 Å². The molecular formula is C15H16N6O2. The zero-order valence-corrected chi connectivity index (χ0v) is 12.6. The molecule has 2 N–H and O–H groups in total. The van der Waals surface area contributed by atoms with Crippen molar-refractivity contribution < 1.29 is 9.53 Å². The van der Waals surface area contributed by atoms with Crippen molar-refractivity contribution in [2.75, 3.05) is 24.3 Å². The van der Waals surface area contributed by atoms with Gasteiger partial charge >= 0.3 is 0 Å². The SMILES string of the molecule is COc1cccc(CCNc2nccn3c(NC=O)nnc23)c1. The van der Waals surface area contributed by atoms with Crippen molar-refractivity contribution in [3.63, 3.8) is 0 Å². The Hall–Kier alpha value is -3.16. The molecule has 118 valence electrons. The molecule has 0 unspecified atom stereocenters. The van der Waals surface area contributed by atoms with Crippen molar-refractivity contribution in [2.45, 2.75) is 6.42 Å². The molecule has 0 aliphatic rings. The molecule has 0 saturated carbocycles. The van der Waals surface area contributed by atoms with Crippen molar-refractivity contribution in [1.82, 2.24) is 19.6 Å². The van der Waals surface area contributed by atoms with Crippen LogP contribution in [0.1, 0.15) is 5.56 Å². The Morgan fingerprint density at radius 3 is 3.09 bits per heavy atom. The minimum absolute atomic E-state index is 0.355. The number of amides is 1. The van der Waals surface area contributed by atoms with Gasteiger partial charge in [-0.05, 0) is 24.1 Å². The minimum atomic E-state index is 0.355. The Morgan fingerprint density at radius 1 is 1.35 bits per heavy atom. The normalized spacial score (nSPS) is 10.5. The predicted octanol–water partition coefficient (Wildman–Crippen LogP) is 1.36. The molecule has 0 fully saturated rings. The maximum Gasteiger partial charge on any atom is 0.235 e. The molecule has 1 aromatic carbocycles. The second-order valence-corrected chi connectivity index (χ2v) is 4.78. The summed E-state index contributed by atoms with van der Waals surface area (Å²) in [5, 5.41) is 13.7. The molecule has 0 atom stereocenters. The second-order valence-electron chi connectivity index (χ2n) is 4.78. The highest BCUT2D eigenvalue weighted by atomic mass is 16.5. The number of nitrogens with zero attached hydrogens (tertiary/aromatic N) is 4. The first-order chi connectivity index (χ1) is 11.3. The summed E-state index contributed by atoms with van der Waals surface area (Å²) in [6, 6.07) is 7.92. The van der Waals surface area contributed by atoms with Crippen molar-refractivity contribution >= 4 is 23.8 Å². The number of carbonyl (C=O) groups is 1. The van der Waals surface area contributed by atoms with Gasteiger partial charge in [0.2, 0.25) is 18.0 Å². The zero-order chi connectivity index (χ0) is 16.1. The number of aromatic nitrogens is 4. The minimum Gasteiger partial charge on any atom is -0.497 e. The Labute approximate surface area is 132 Å². The van der Waals surface area contributed by atoms with Crippen LogP contribution >= 0.6 is 0 Å². The van der Waals surface area contributed by atoms with Gasteiger partial charge in [0.25, 0.3) is 0 Å². The van der Waals surface area contributed by atoms with Gasteiger partial charge in [0.1, 0.15) is 5.75 Å². The molecule has 8 nitrogen and oxygen atoms in total. The lowest BCUT2D eigenvalue weighted by atomic mass is 10.1. The van der Waals surface area contributed by atoms with E-state index in [1.54, 1.807) is 23.9 Å². The summed E-state index contributed by atoms with van der Waals surface area (Å²) in [5.74, 6) is 1.81. The maximum absolute atomic E-state index is 10.5. The fraction of sp³-hybridized carbons (Fsp3) is 0.200. The van der Waals surface area contributed by atoms with Crippen molar-refractivity contribution in [3.8, 4) is 5.75 Å². The smallest absolute Gasteiger partial charge is 0.235 e. The summed E-state index contributed by atoms with van der Waals surface area (Å²) in [6.45, 7) is 0.684. The third kappa shape index (κ3) is 3.20. The van der Waals surface area contributed by atoms with E-state index in [4.69, 9.17) is 4.74 Å². The molecule has 0 aliphatic carbocycles. The number of fused-ring (bicyclic) bond motifs is 1. The lowest BCUT2D eigenvalue weighted by Crippen LogP contribution is -2.08. The van der Waals surface area contributed by atoms with Crippen molar-refractivity contribution in [2.24, 2.45) is 0 Å². The van der Waals surface area contributed by atoms with Gasteiger partial charge in [0.05, 0.1) is 7.11 Å². The quantitative estimate of drug-likeness (QED) is 0.640. The van der Waals surface area contributed by atoms with Gasteiger partial charge in [-0.2, -0.15) is 0 Å². The maximum atomic E-state index is 10.5. The van der Waals surface area contributed by atoms with Crippen LogP contribution in [0.25, 0.3) is 5.65 Å². The molecule has 0 saturated heterocycles. The first-order valence-electron chi connectivity index (χ1n) is 7.08. The predicted molar refractivity (Wildman–Crippen MR) is 85.7 cm³/mol. The first kappa shape index (κ1) is 14.8. The lowest BCUT2D eigenvalue weighted by Gasteiger charge is -2.07. The van der Waals surface area contributed by atoms with Gasteiger partial charge in [-0.1, -0.05) is 12.1 Å². The third-order valence-electron chi connectivity index (χ3n) is 3.36. The molecule has 2 aromatic heterocycles. The van der Waals surface area contributed by atoms with Gasteiger partial charge in [0, 0.05) is 18.9 Å². The number of hydrogen-bond acceptors (Lipinski definition) is 6. The molecule has 3 rings (SSSR count).